The summed E-state index contributed by atoms with van der Waals surface area (Å²) in [7, 11) is 0. The Balaban J connectivity index is 1.40. The Morgan fingerprint density at radius 2 is 1.88 bits per heavy atom. The van der Waals surface area contributed by atoms with Crippen LogP contribution in [0, 0.1) is 11.8 Å². The number of benzene rings is 1. The van der Waals surface area contributed by atoms with Crippen molar-refractivity contribution in [3.8, 4) is 5.69 Å². The largest absolute Gasteiger partial charge is 0.435 e. The van der Waals surface area contributed by atoms with Crippen molar-refractivity contribution >= 4 is 23.3 Å². The number of hydrogen-bond acceptors (Lipinski definition) is 6. The molecule has 1 N–H and O–H groups in total. The van der Waals surface area contributed by atoms with Crippen molar-refractivity contribution in [1.82, 2.24) is 30.1 Å². The molecule has 2 aliphatic heterocycles. The lowest BCUT2D eigenvalue weighted by Gasteiger charge is -2.57. The molecule has 3 aromatic rings. The lowest BCUT2D eigenvalue weighted by Crippen LogP contribution is -2.64. The van der Waals surface area contributed by atoms with Crippen LogP contribution in [0.1, 0.15) is 35.8 Å². The van der Waals surface area contributed by atoms with E-state index in [1.807, 2.05) is 4.90 Å². The van der Waals surface area contributed by atoms with Gasteiger partial charge in [-0.3, -0.25) is 4.79 Å². The number of alkyl halides is 3. The van der Waals surface area contributed by atoms with Gasteiger partial charge in [0.2, 0.25) is 0 Å². The first-order valence-electron chi connectivity index (χ1n) is 10.9. The van der Waals surface area contributed by atoms with Gasteiger partial charge < -0.3 is 10.2 Å². The second-order valence-electron chi connectivity index (χ2n) is 8.69. The summed E-state index contributed by atoms with van der Waals surface area (Å²) >= 11 is 6.23. The van der Waals surface area contributed by atoms with Gasteiger partial charge in [0.25, 0.3) is 5.91 Å². The van der Waals surface area contributed by atoms with Crippen LogP contribution in [0.15, 0.2) is 42.7 Å². The molecule has 6 rings (SSSR count). The number of halogens is 4. The molecule has 34 heavy (non-hydrogen) atoms. The molecular weight excluding hydrogens is 471 g/mol. The Hall–Kier alpha value is -3.21. The average Bonchev–Trinajstić information content (AvgIpc) is 3.31. The number of nitrogens with zero attached hydrogens (tertiary/aromatic N) is 6. The third-order valence-electron chi connectivity index (χ3n) is 6.76. The molecular formula is C22H21ClF3N7O. The molecule has 2 atom stereocenters. The molecule has 1 aromatic carbocycles. The summed E-state index contributed by atoms with van der Waals surface area (Å²) in [5.41, 5.74) is -0.141. The van der Waals surface area contributed by atoms with E-state index in [0.29, 0.717) is 28.7 Å². The van der Waals surface area contributed by atoms with Gasteiger partial charge in [0, 0.05) is 17.6 Å². The monoisotopic (exact) mass is 491 g/mol. The Morgan fingerprint density at radius 1 is 1.15 bits per heavy atom. The quantitative estimate of drug-likeness (QED) is 0.578. The van der Waals surface area contributed by atoms with Crippen LogP contribution >= 0.6 is 11.6 Å². The summed E-state index contributed by atoms with van der Waals surface area (Å²) in [4.78, 5) is 17.1. The van der Waals surface area contributed by atoms with Crippen LogP contribution in [0.3, 0.4) is 0 Å². The van der Waals surface area contributed by atoms with Crippen molar-refractivity contribution in [3.05, 3.63) is 59.0 Å². The number of rotatable bonds is 5. The minimum Gasteiger partial charge on any atom is -0.367 e. The third kappa shape index (κ3) is 4.08. The molecule has 0 spiro atoms. The highest BCUT2D eigenvalue weighted by molar-refractivity contribution is 6.31. The van der Waals surface area contributed by atoms with Crippen molar-refractivity contribution in [1.29, 1.82) is 0 Å². The van der Waals surface area contributed by atoms with Crippen molar-refractivity contribution in [3.63, 3.8) is 0 Å². The molecule has 0 unspecified atom stereocenters. The molecule has 2 aromatic heterocycles. The maximum Gasteiger partial charge on any atom is 0.435 e. The summed E-state index contributed by atoms with van der Waals surface area (Å²) in [5.74, 6) is 0.714. The predicted molar refractivity (Wildman–Crippen MR) is 118 cm³/mol. The van der Waals surface area contributed by atoms with E-state index in [1.165, 1.54) is 23.3 Å². The Bertz CT molecular complexity index is 1180. The van der Waals surface area contributed by atoms with E-state index in [-0.39, 0.29) is 29.7 Å². The highest BCUT2D eigenvalue weighted by Crippen LogP contribution is 2.47. The number of amides is 1. The van der Waals surface area contributed by atoms with E-state index in [4.69, 9.17) is 11.6 Å². The van der Waals surface area contributed by atoms with Crippen LogP contribution in [0.25, 0.3) is 5.69 Å². The van der Waals surface area contributed by atoms with Crippen LogP contribution in [0.4, 0.5) is 19.0 Å². The standard InChI is InChI=1S/C22H21ClF3N7O/c1-12-13-8-15(9-13)32(18(12)11-27-20-5-4-19(30-31-20)22(24,25)26)21(34)16-10-14(23)2-3-17(16)33-28-6-7-29-33/h2-7,10,12-13,15,18H,8-9,11H2,1H3,(H,27,31)/t12-,13?,15?,18-/m1/s1. The number of carbonyl (C=O) groups is 1. The van der Waals surface area contributed by atoms with Gasteiger partial charge in [-0.15, -0.1) is 10.2 Å². The molecule has 178 valence electrons. The number of carbonyl (C=O) groups excluding carboxylic acids is 1. The molecule has 1 aliphatic carbocycles. The zero-order valence-electron chi connectivity index (χ0n) is 18.1. The van der Waals surface area contributed by atoms with Gasteiger partial charge in [-0.05, 0) is 55.0 Å². The molecule has 2 saturated heterocycles. The van der Waals surface area contributed by atoms with Crippen molar-refractivity contribution in [2.45, 2.75) is 38.0 Å². The number of hydrogen-bond donors (Lipinski definition) is 1. The van der Waals surface area contributed by atoms with E-state index < -0.39 is 11.9 Å². The SMILES string of the molecule is C[C@@H]1C2CC(C2)N(C(=O)c2cc(Cl)ccc2-n2nccn2)[C@@H]1CNc1ccc(C(F)(F)F)nn1. The number of anilines is 1. The minimum atomic E-state index is -4.55. The Morgan fingerprint density at radius 3 is 2.53 bits per heavy atom. The second-order valence-corrected chi connectivity index (χ2v) is 9.12. The molecule has 3 fully saturated rings. The van der Waals surface area contributed by atoms with E-state index in [2.05, 4.69) is 32.6 Å². The fourth-order valence-electron chi connectivity index (χ4n) is 4.85. The minimum absolute atomic E-state index is 0.0802. The maximum atomic E-state index is 13.8. The molecule has 2 bridgehead atoms. The number of nitrogens with one attached hydrogen (secondary N) is 1. The molecule has 4 heterocycles. The van der Waals surface area contributed by atoms with Crippen LogP contribution in [-0.4, -0.2) is 54.6 Å². The second kappa shape index (κ2) is 8.53. The van der Waals surface area contributed by atoms with Crippen LogP contribution in [0.2, 0.25) is 5.02 Å². The van der Waals surface area contributed by atoms with Gasteiger partial charge in [-0.25, -0.2) is 0 Å². The third-order valence-corrected chi connectivity index (χ3v) is 6.99. The number of piperidine rings is 2. The van der Waals surface area contributed by atoms with Gasteiger partial charge in [0.15, 0.2) is 5.69 Å². The van der Waals surface area contributed by atoms with Gasteiger partial charge >= 0.3 is 6.18 Å². The highest BCUT2D eigenvalue weighted by atomic mass is 35.5. The average molecular weight is 492 g/mol. The van der Waals surface area contributed by atoms with Crippen molar-refractivity contribution in [2.24, 2.45) is 11.8 Å². The molecule has 1 amide bonds. The van der Waals surface area contributed by atoms with Crippen LogP contribution in [0.5, 0.6) is 0 Å². The molecule has 8 nitrogen and oxygen atoms in total. The predicted octanol–water partition coefficient (Wildman–Crippen LogP) is 4.08. The van der Waals surface area contributed by atoms with E-state index in [1.54, 1.807) is 18.2 Å². The van der Waals surface area contributed by atoms with Gasteiger partial charge in [0.1, 0.15) is 5.82 Å². The normalized spacial score (nSPS) is 24.0. The van der Waals surface area contributed by atoms with Crippen molar-refractivity contribution in [2.75, 3.05) is 11.9 Å². The zero-order valence-corrected chi connectivity index (χ0v) is 18.8. The molecule has 12 heteroatoms. The highest BCUT2D eigenvalue weighted by Gasteiger charge is 2.50. The first kappa shape index (κ1) is 22.6. The van der Waals surface area contributed by atoms with Crippen molar-refractivity contribution < 1.29 is 18.0 Å². The van der Waals surface area contributed by atoms with Gasteiger partial charge in [-0.2, -0.15) is 28.2 Å². The van der Waals surface area contributed by atoms with Gasteiger partial charge in [0.05, 0.1) is 29.7 Å². The van der Waals surface area contributed by atoms with E-state index >= 15 is 0 Å². The summed E-state index contributed by atoms with van der Waals surface area (Å²) in [6.45, 7) is 2.43. The molecule has 1 saturated carbocycles. The molecule has 3 aliphatic rings. The summed E-state index contributed by atoms with van der Waals surface area (Å²) in [6, 6.07) is 7.02. The lowest BCUT2D eigenvalue weighted by atomic mass is 9.64. The molecule has 0 radical (unpaired) electrons. The van der Waals surface area contributed by atoms with E-state index in [9.17, 15) is 18.0 Å². The fourth-order valence-corrected chi connectivity index (χ4v) is 5.02. The number of aromatic nitrogens is 5. The van der Waals surface area contributed by atoms with Crippen LogP contribution in [-0.2, 0) is 6.18 Å². The first-order valence-corrected chi connectivity index (χ1v) is 11.2. The Kier molecular flexibility index (Phi) is 5.67. The maximum absolute atomic E-state index is 13.8. The summed E-state index contributed by atoms with van der Waals surface area (Å²) in [5, 5.41) is 18.7. The number of fused-ring (bicyclic) bond motifs is 2. The smallest absolute Gasteiger partial charge is 0.367 e. The van der Waals surface area contributed by atoms with Crippen LogP contribution < -0.4 is 5.32 Å². The van der Waals surface area contributed by atoms with Gasteiger partial charge in [-0.1, -0.05) is 18.5 Å². The summed E-state index contributed by atoms with van der Waals surface area (Å²) < 4.78 is 38.3. The topological polar surface area (TPSA) is 88.8 Å². The summed E-state index contributed by atoms with van der Waals surface area (Å²) in [6.07, 6.45) is 0.338. The van der Waals surface area contributed by atoms with E-state index in [0.717, 1.165) is 18.9 Å². The first-order chi connectivity index (χ1) is 16.2. The lowest BCUT2D eigenvalue weighted by molar-refractivity contribution is -0.141. The fraction of sp³-hybridized carbons (Fsp3) is 0.409. The zero-order chi connectivity index (χ0) is 24.0. The Labute approximate surface area is 198 Å².